The summed E-state index contributed by atoms with van der Waals surface area (Å²) in [6.45, 7) is 0.655. The number of hydrogen-bond donors (Lipinski definition) is 1. The van der Waals surface area contributed by atoms with Gasteiger partial charge >= 0.3 is 0 Å². The van der Waals surface area contributed by atoms with Crippen molar-refractivity contribution in [3.63, 3.8) is 0 Å². The van der Waals surface area contributed by atoms with Crippen LogP contribution < -0.4 is 5.32 Å². The van der Waals surface area contributed by atoms with E-state index in [1.165, 1.54) is 0 Å². The van der Waals surface area contributed by atoms with E-state index in [1.807, 2.05) is 0 Å². The van der Waals surface area contributed by atoms with Crippen molar-refractivity contribution in [2.75, 3.05) is 12.4 Å². The third-order valence-electron chi connectivity index (χ3n) is 2.83. The second kappa shape index (κ2) is 4.72. The molecule has 1 N–H and O–H groups in total. The molecule has 1 aliphatic carbocycles. The Morgan fingerprint density at radius 2 is 2.31 bits per heavy atom. The van der Waals surface area contributed by atoms with E-state index in [0.717, 1.165) is 17.3 Å². The lowest BCUT2D eigenvalue weighted by atomic mass is 10.1. The number of nitrogens with one attached hydrogen (secondary N) is 1. The van der Waals surface area contributed by atoms with Gasteiger partial charge in [-0.3, -0.25) is 9.78 Å². The van der Waals surface area contributed by atoms with Crippen LogP contribution in [0.15, 0.2) is 22.9 Å². The van der Waals surface area contributed by atoms with E-state index in [9.17, 15) is 4.79 Å². The fourth-order valence-corrected chi connectivity index (χ4v) is 2.17. The van der Waals surface area contributed by atoms with Crippen LogP contribution in [0.5, 0.6) is 0 Å². The zero-order chi connectivity index (χ0) is 11.6. The van der Waals surface area contributed by atoms with Crippen LogP contribution in [-0.4, -0.2) is 23.3 Å². The Morgan fingerprint density at radius 1 is 1.56 bits per heavy atom. The summed E-state index contributed by atoms with van der Waals surface area (Å²) >= 11 is 9.12. The SMILES string of the molecule is O=C(NCC1(CCl)CC1)c1cncc(Br)c1. The fourth-order valence-electron chi connectivity index (χ4n) is 1.44. The molecule has 1 aliphatic rings. The Labute approximate surface area is 108 Å². The third kappa shape index (κ3) is 2.74. The molecule has 2 rings (SSSR count). The summed E-state index contributed by atoms with van der Waals surface area (Å²) < 4.78 is 0.804. The van der Waals surface area contributed by atoms with Crippen molar-refractivity contribution in [3.05, 3.63) is 28.5 Å². The molecule has 0 unspecified atom stereocenters. The molecular formula is C11H12BrClN2O. The van der Waals surface area contributed by atoms with Crippen molar-refractivity contribution in [1.82, 2.24) is 10.3 Å². The average molecular weight is 304 g/mol. The third-order valence-corrected chi connectivity index (χ3v) is 3.83. The lowest BCUT2D eigenvalue weighted by Crippen LogP contribution is -2.31. The first-order valence-corrected chi connectivity index (χ1v) is 6.43. The topological polar surface area (TPSA) is 42.0 Å². The number of rotatable bonds is 4. The van der Waals surface area contributed by atoms with Crippen LogP contribution in [0.3, 0.4) is 0 Å². The second-order valence-corrected chi connectivity index (χ2v) is 5.39. The Kier molecular flexibility index (Phi) is 3.50. The predicted molar refractivity (Wildman–Crippen MR) is 66.7 cm³/mol. The molecule has 1 aromatic rings. The largest absolute Gasteiger partial charge is 0.351 e. The first-order valence-electron chi connectivity index (χ1n) is 5.10. The molecule has 1 heterocycles. The van der Waals surface area contributed by atoms with Gasteiger partial charge in [0.05, 0.1) is 5.56 Å². The van der Waals surface area contributed by atoms with Crippen molar-refractivity contribution in [3.8, 4) is 0 Å². The first kappa shape index (κ1) is 11.9. The highest BCUT2D eigenvalue weighted by Gasteiger charge is 2.41. The van der Waals surface area contributed by atoms with Gasteiger partial charge < -0.3 is 5.32 Å². The van der Waals surface area contributed by atoms with Crippen molar-refractivity contribution >= 4 is 33.4 Å². The van der Waals surface area contributed by atoms with E-state index < -0.39 is 0 Å². The Hall–Kier alpha value is -0.610. The van der Waals surface area contributed by atoms with Gasteiger partial charge in [-0.1, -0.05) is 0 Å². The van der Waals surface area contributed by atoms with Crippen LogP contribution in [0.4, 0.5) is 0 Å². The summed E-state index contributed by atoms with van der Waals surface area (Å²) in [4.78, 5) is 15.7. The van der Waals surface area contributed by atoms with Crippen LogP contribution in [-0.2, 0) is 0 Å². The Bertz CT molecular complexity index is 407. The molecule has 5 heteroatoms. The van der Waals surface area contributed by atoms with E-state index in [1.54, 1.807) is 18.5 Å². The van der Waals surface area contributed by atoms with Gasteiger partial charge in [0.15, 0.2) is 0 Å². The van der Waals surface area contributed by atoms with Gasteiger partial charge in [-0.25, -0.2) is 0 Å². The standard InChI is InChI=1S/C11H12BrClN2O/c12-9-3-8(4-14-5-9)10(16)15-7-11(6-13)1-2-11/h3-5H,1-2,6-7H2,(H,15,16). The summed E-state index contributed by atoms with van der Waals surface area (Å²) in [5.74, 6) is 0.523. The summed E-state index contributed by atoms with van der Waals surface area (Å²) in [5.41, 5.74) is 0.719. The molecule has 0 atom stereocenters. The van der Waals surface area contributed by atoms with Gasteiger partial charge in [0, 0.05) is 34.7 Å². The van der Waals surface area contributed by atoms with Crippen LogP contribution in [0, 0.1) is 5.41 Å². The molecule has 3 nitrogen and oxygen atoms in total. The first-order chi connectivity index (χ1) is 7.65. The maximum absolute atomic E-state index is 11.8. The zero-order valence-electron chi connectivity index (χ0n) is 8.67. The van der Waals surface area contributed by atoms with Gasteiger partial charge in [0.2, 0.25) is 0 Å². The molecule has 1 saturated carbocycles. The minimum atomic E-state index is -0.0924. The monoisotopic (exact) mass is 302 g/mol. The van der Waals surface area contributed by atoms with Gasteiger partial charge in [0.1, 0.15) is 0 Å². The van der Waals surface area contributed by atoms with Gasteiger partial charge in [-0.2, -0.15) is 0 Å². The Morgan fingerprint density at radius 3 is 2.88 bits per heavy atom. The quantitative estimate of drug-likeness (QED) is 0.869. The normalized spacial score (nSPS) is 16.9. The predicted octanol–water partition coefficient (Wildman–Crippen LogP) is 2.59. The number of nitrogens with zero attached hydrogens (tertiary/aromatic N) is 1. The number of halogens is 2. The molecule has 0 spiro atoms. The average Bonchev–Trinajstić information content (AvgIpc) is 3.07. The number of carbonyl (C=O) groups excluding carboxylic acids is 1. The second-order valence-electron chi connectivity index (χ2n) is 4.21. The van der Waals surface area contributed by atoms with Crippen LogP contribution in [0.1, 0.15) is 23.2 Å². The molecule has 1 amide bonds. The molecule has 0 aromatic carbocycles. The number of amides is 1. The molecular weight excluding hydrogens is 291 g/mol. The highest BCUT2D eigenvalue weighted by molar-refractivity contribution is 9.10. The summed E-state index contributed by atoms with van der Waals surface area (Å²) in [7, 11) is 0. The Balaban J connectivity index is 1.93. The molecule has 1 fully saturated rings. The maximum atomic E-state index is 11.8. The summed E-state index contributed by atoms with van der Waals surface area (Å²) in [6, 6.07) is 1.75. The highest BCUT2D eigenvalue weighted by Crippen LogP contribution is 2.45. The van der Waals surface area contributed by atoms with Crippen molar-refractivity contribution in [1.29, 1.82) is 0 Å². The molecule has 1 aromatic heterocycles. The van der Waals surface area contributed by atoms with Gasteiger partial charge in [0.25, 0.3) is 5.91 Å². The van der Waals surface area contributed by atoms with Gasteiger partial charge in [-0.15, -0.1) is 11.6 Å². The number of hydrogen-bond acceptors (Lipinski definition) is 2. The van der Waals surface area contributed by atoms with Gasteiger partial charge in [-0.05, 0) is 34.8 Å². The molecule has 0 aliphatic heterocycles. The molecule has 0 saturated heterocycles. The van der Waals surface area contributed by atoms with Crippen molar-refractivity contribution in [2.24, 2.45) is 5.41 Å². The minimum absolute atomic E-state index is 0.0924. The highest BCUT2D eigenvalue weighted by atomic mass is 79.9. The van der Waals surface area contributed by atoms with Crippen molar-refractivity contribution < 1.29 is 4.79 Å². The van der Waals surface area contributed by atoms with Crippen LogP contribution in [0.25, 0.3) is 0 Å². The molecule has 16 heavy (non-hydrogen) atoms. The minimum Gasteiger partial charge on any atom is -0.351 e. The lowest BCUT2D eigenvalue weighted by Gasteiger charge is -2.12. The number of alkyl halides is 1. The van der Waals surface area contributed by atoms with E-state index in [2.05, 4.69) is 26.2 Å². The smallest absolute Gasteiger partial charge is 0.252 e. The van der Waals surface area contributed by atoms with Crippen molar-refractivity contribution in [2.45, 2.75) is 12.8 Å². The van der Waals surface area contributed by atoms with E-state index in [-0.39, 0.29) is 11.3 Å². The maximum Gasteiger partial charge on any atom is 0.252 e. The fraction of sp³-hybridized carbons (Fsp3) is 0.455. The molecule has 0 bridgehead atoms. The number of aromatic nitrogens is 1. The zero-order valence-corrected chi connectivity index (χ0v) is 11.0. The van der Waals surface area contributed by atoms with Crippen LogP contribution >= 0.6 is 27.5 Å². The summed E-state index contributed by atoms with van der Waals surface area (Å²) in [5, 5.41) is 2.90. The number of carbonyl (C=O) groups is 1. The van der Waals surface area contributed by atoms with Crippen LogP contribution in [0.2, 0.25) is 0 Å². The van der Waals surface area contributed by atoms with E-state index in [0.29, 0.717) is 18.0 Å². The van der Waals surface area contributed by atoms with E-state index >= 15 is 0 Å². The molecule has 86 valence electrons. The number of pyridine rings is 1. The lowest BCUT2D eigenvalue weighted by molar-refractivity contribution is 0.0946. The molecule has 0 radical (unpaired) electrons. The van der Waals surface area contributed by atoms with E-state index in [4.69, 9.17) is 11.6 Å². The summed E-state index contributed by atoms with van der Waals surface area (Å²) in [6.07, 6.45) is 5.42.